The van der Waals surface area contributed by atoms with Crippen LogP contribution in [0.1, 0.15) is 29.8 Å². The van der Waals surface area contributed by atoms with Gasteiger partial charge in [-0.15, -0.1) is 0 Å². The Morgan fingerprint density at radius 3 is 2.41 bits per heavy atom. The number of benzene rings is 2. The molecule has 1 heterocycles. The number of piperazine rings is 1. The van der Waals surface area contributed by atoms with Crippen molar-refractivity contribution < 1.29 is 14.4 Å². The van der Waals surface area contributed by atoms with Gasteiger partial charge < -0.3 is 19.9 Å². The van der Waals surface area contributed by atoms with E-state index in [1.165, 1.54) is 11.3 Å². The van der Waals surface area contributed by atoms with Crippen LogP contribution in [0.2, 0.25) is 0 Å². The maximum Gasteiger partial charge on any atom is 0.251 e. The normalized spacial score (nSPS) is 15.0. The molecule has 27 heavy (non-hydrogen) atoms. The van der Waals surface area contributed by atoms with E-state index in [-0.39, 0.29) is 11.9 Å². The highest BCUT2D eigenvalue weighted by molar-refractivity contribution is 5.94. The van der Waals surface area contributed by atoms with Crippen LogP contribution in [0, 0.1) is 0 Å². The first-order chi connectivity index (χ1) is 13.1. The lowest BCUT2D eigenvalue weighted by molar-refractivity contribution is -0.914. The summed E-state index contributed by atoms with van der Waals surface area (Å²) in [4.78, 5) is 16.0. The summed E-state index contributed by atoms with van der Waals surface area (Å²) in [5.41, 5.74) is 3.18. The minimum absolute atomic E-state index is 0.00526. The summed E-state index contributed by atoms with van der Waals surface area (Å²) >= 11 is 0. The van der Waals surface area contributed by atoms with E-state index in [0.29, 0.717) is 0 Å². The number of nitrogens with zero attached hydrogens (tertiary/aromatic N) is 1. The van der Waals surface area contributed by atoms with Crippen molar-refractivity contribution in [1.82, 2.24) is 5.32 Å². The number of hydrogen-bond acceptors (Lipinski definition) is 3. The largest absolute Gasteiger partial charge is 0.495 e. The van der Waals surface area contributed by atoms with Gasteiger partial charge in [0, 0.05) is 17.2 Å². The molecule has 0 spiro atoms. The first-order valence-electron chi connectivity index (χ1n) is 9.68. The standard InChI is InChI=1S/C22H29N3O2/c1-17(2)23-22(26)19-10-8-18(9-11-19)16-24-12-14-25(15-13-24)20-6-4-5-7-21(20)27-3/h4-11,17H,12-16H2,1-3H3,(H,23,26)/p+1. The van der Waals surface area contributed by atoms with Gasteiger partial charge >= 0.3 is 0 Å². The number of amides is 1. The lowest BCUT2D eigenvalue weighted by Crippen LogP contribution is -3.13. The minimum Gasteiger partial charge on any atom is -0.495 e. The van der Waals surface area contributed by atoms with E-state index in [0.717, 1.165) is 44.0 Å². The van der Waals surface area contributed by atoms with Crippen LogP contribution in [0.15, 0.2) is 48.5 Å². The number of quaternary nitrogens is 1. The van der Waals surface area contributed by atoms with Gasteiger partial charge in [0.05, 0.1) is 39.0 Å². The average molecular weight is 369 g/mol. The molecule has 3 rings (SSSR count). The fourth-order valence-corrected chi connectivity index (χ4v) is 3.54. The Balaban J connectivity index is 1.54. The highest BCUT2D eigenvalue weighted by Crippen LogP contribution is 2.27. The van der Waals surface area contributed by atoms with E-state index in [4.69, 9.17) is 4.74 Å². The third kappa shape index (κ3) is 5.01. The van der Waals surface area contributed by atoms with Crippen molar-refractivity contribution in [3.05, 3.63) is 59.7 Å². The van der Waals surface area contributed by atoms with Crippen molar-refractivity contribution in [2.75, 3.05) is 38.2 Å². The molecule has 1 aliphatic rings. The molecule has 0 aliphatic carbocycles. The summed E-state index contributed by atoms with van der Waals surface area (Å²) in [7, 11) is 1.73. The molecule has 2 N–H and O–H groups in total. The Hall–Kier alpha value is -2.53. The monoisotopic (exact) mass is 368 g/mol. The van der Waals surface area contributed by atoms with Crippen molar-refractivity contribution in [2.24, 2.45) is 0 Å². The molecule has 5 heteroatoms. The van der Waals surface area contributed by atoms with Crippen LogP contribution in [0.25, 0.3) is 0 Å². The molecular weight excluding hydrogens is 338 g/mol. The van der Waals surface area contributed by atoms with Gasteiger partial charge in [-0.2, -0.15) is 0 Å². The molecular formula is C22H30N3O2+. The molecule has 2 aromatic rings. The molecule has 1 amide bonds. The van der Waals surface area contributed by atoms with Gasteiger partial charge in [-0.3, -0.25) is 4.79 Å². The topological polar surface area (TPSA) is 46.0 Å². The molecule has 0 aromatic heterocycles. The number of methoxy groups -OCH3 is 1. The molecule has 0 bridgehead atoms. The number of carbonyl (C=O) groups excluding carboxylic acids is 1. The van der Waals surface area contributed by atoms with Gasteiger partial charge in [0.2, 0.25) is 0 Å². The number of rotatable bonds is 6. The fraction of sp³-hybridized carbons (Fsp3) is 0.409. The minimum atomic E-state index is -0.00526. The van der Waals surface area contributed by atoms with Gasteiger partial charge in [-0.1, -0.05) is 24.3 Å². The number of para-hydroxylation sites is 2. The molecule has 144 valence electrons. The number of carbonyl (C=O) groups is 1. The summed E-state index contributed by atoms with van der Waals surface area (Å²) in [5, 5.41) is 2.93. The van der Waals surface area contributed by atoms with E-state index in [9.17, 15) is 4.79 Å². The van der Waals surface area contributed by atoms with E-state index in [2.05, 4.69) is 34.5 Å². The molecule has 0 atom stereocenters. The van der Waals surface area contributed by atoms with Gasteiger partial charge in [0.1, 0.15) is 12.3 Å². The van der Waals surface area contributed by atoms with Crippen LogP contribution in [-0.2, 0) is 6.54 Å². The third-order valence-electron chi connectivity index (χ3n) is 4.99. The predicted molar refractivity (Wildman–Crippen MR) is 109 cm³/mol. The summed E-state index contributed by atoms with van der Waals surface area (Å²) in [6.07, 6.45) is 0. The summed E-state index contributed by atoms with van der Waals surface area (Å²) in [6, 6.07) is 16.4. The number of hydrogen-bond donors (Lipinski definition) is 2. The molecule has 2 aromatic carbocycles. The zero-order chi connectivity index (χ0) is 19.2. The van der Waals surface area contributed by atoms with E-state index in [1.807, 2.05) is 38.1 Å². The second kappa shape index (κ2) is 8.91. The van der Waals surface area contributed by atoms with E-state index < -0.39 is 0 Å². The van der Waals surface area contributed by atoms with Crippen molar-refractivity contribution in [3.63, 3.8) is 0 Å². The SMILES string of the molecule is COc1ccccc1N1CC[NH+](Cc2ccc(C(=O)NC(C)C)cc2)CC1. The molecule has 1 fully saturated rings. The van der Waals surface area contributed by atoms with Crippen LogP contribution >= 0.6 is 0 Å². The van der Waals surface area contributed by atoms with Crippen LogP contribution in [0.4, 0.5) is 5.69 Å². The van der Waals surface area contributed by atoms with Crippen molar-refractivity contribution >= 4 is 11.6 Å². The Bertz CT molecular complexity index is 750. The zero-order valence-electron chi connectivity index (χ0n) is 16.5. The van der Waals surface area contributed by atoms with Crippen LogP contribution in [0.3, 0.4) is 0 Å². The molecule has 0 unspecified atom stereocenters. The predicted octanol–water partition coefficient (Wildman–Crippen LogP) is 1.74. The lowest BCUT2D eigenvalue weighted by Gasteiger charge is -2.34. The first kappa shape index (κ1) is 19.2. The Kier molecular flexibility index (Phi) is 6.35. The van der Waals surface area contributed by atoms with Crippen LogP contribution in [-0.4, -0.2) is 45.2 Å². The second-order valence-electron chi connectivity index (χ2n) is 7.41. The van der Waals surface area contributed by atoms with Crippen molar-refractivity contribution in [1.29, 1.82) is 0 Å². The number of ether oxygens (including phenoxy) is 1. The highest BCUT2D eigenvalue weighted by atomic mass is 16.5. The van der Waals surface area contributed by atoms with E-state index in [1.54, 1.807) is 12.0 Å². The van der Waals surface area contributed by atoms with Gasteiger partial charge in [-0.25, -0.2) is 0 Å². The van der Waals surface area contributed by atoms with Gasteiger partial charge in [0.25, 0.3) is 5.91 Å². The number of anilines is 1. The molecule has 1 saturated heterocycles. The molecule has 1 aliphatic heterocycles. The maximum atomic E-state index is 12.0. The quantitative estimate of drug-likeness (QED) is 0.816. The van der Waals surface area contributed by atoms with E-state index >= 15 is 0 Å². The Morgan fingerprint density at radius 2 is 1.78 bits per heavy atom. The highest BCUT2D eigenvalue weighted by Gasteiger charge is 2.22. The Morgan fingerprint density at radius 1 is 1.11 bits per heavy atom. The lowest BCUT2D eigenvalue weighted by atomic mass is 10.1. The van der Waals surface area contributed by atoms with Crippen molar-refractivity contribution in [3.8, 4) is 5.75 Å². The molecule has 5 nitrogen and oxygen atoms in total. The summed E-state index contributed by atoms with van der Waals surface area (Å²) < 4.78 is 5.49. The molecule has 0 saturated carbocycles. The van der Waals surface area contributed by atoms with Crippen LogP contribution in [0.5, 0.6) is 5.75 Å². The van der Waals surface area contributed by atoms with Gasteiger partial charge in [0.15, 0.2) is 0 Å². The Labute approximate surface area is 161 Å². The third-order valence-corrected chi connectivity index (χ3v) is 4.99. The first-order valence-corrected chi connectivity index (χ1v) is 9.68. The molecule has 0 radical (unpaired) electrons. The van der Waals surface area contributed by atoms with Crippen molar-refractivity contribution in [2.45, 2.75) is 26.4 Å². The maximum absolute atomic E-state index is 12.0. The summed E-state index contributed by atoms with van der Waals surface area (Å²) in [6.45, 7) is 9.16. The zero-order valence-corrected chi connectivity index (χ0v) is 16.5. The smallest absolute Gasteiger partial charge is 0.251 e. The van der Waals surface area contributed by atoms with Crippen LogP contribution < -0.4 is 19.9 Å². The van der Waals surface area contributed by atoms with Gasteiger partial charge in [-0.05, 0) is 38.1 Å². The second-order valence-corrected chi connectivity index (χ2v) is 7.41. The average Bonchev–Trinajstić information content (AvgIpc) is 2.68. The summed E-state index contributed by atoms with van der Waals surface area (Å²) in [5.74, 6) is 0.936. The number of nitrogens with one attached hydrogen (secondary N) is 2. The fourth-order valence-electron chi connectivity index (χ4n) is 3.54.